The Bertz CT molecular complexity index is 493. The highest BCUT2D eigenvalue weighted by molar-refractivity contribution is 5.76. The average Bonchev–Trinajstić information content (AvgIpc) is 2.73. The van der Waals surface area contributed by atoms with Gasteiger partial charge in [0.15, 0.2) is 11.6 Å². The predicted octanol–water partition coefficient (Wildman–Crippen LogP) is 2.66. The maximum absolute atomic E-state index is 13.1. The van der Waals surface area contributed by atoms with Gasteiger partial charge in [0.1, 0.15) is 0 Å². The van der Waals surface area contributed by atoms with Crippen LogP contribution in [0, 0.1) is 11.6 Å². The Hall–Kier alpha value is -1.49. The summed E-state index contributed by atoms with van der Waals surface area (Å²) >= 11 is 0. The first-order chi connectivity index (χ1) is 10.1. The van der Waals surface area contributed by atoms with Gasteiger partial charge in [0.25, 0.3) is 0 Å². The molecule has 1 unspecified atom stereocenters. The van der Waals surface area contributed by atoms with Crippen LogP contribution in [0.1, 0.15) is 37.7 Å². The molecule has 2 rings (SSSR count). The Morgan fingerprint density at radius 1 is 1.24 bits per heavy atom. The summed E-state index contributed by atoms with van der Waals surface area (Å²) in [7, 11) is 0. The molecule has 1 saturated heterocycles. The summed E-state index contributed by atoms with van der Waals surface area (Å²) in [6, 6.07) is 3.61. The summed E-state index contributed by atoms with van der Waals surface area (Å²) in [5.41, 5.74) is 0.609. The monoisotopic (exact) mass is 297 g/mol. The SMILES string of the molecule is O=C(CCc1ccc(F)c(F)c1)N1CCCCCC1CO. The third-order valence-electron chi connectivity index (χ3n) is 4.02. The zero-order valence-corrected chi connectivity index (χ0v) is 12.0. The van der Waals surface area contributed by atoms with E-state index in [0.717, 1.165) is 37.8 Å². The normalized spacial score (nSPS) is 19.4. The Balaban J connectivity index is 1.94. The van der Waals surface area contributed by atoms with E-state index in [0.29, 0.717) is 18.5 Å². The first kappa shape index (κ1) is 15.9. The Labute approximate surface area is 123 Å². The standard InChI is InChI=1S/C16H21F2NO2/c17-14-7-5-12(10-15(14)18)6-8-16(21)19-9-3-1-2-4-13(19)11-20/h5,7,10,13,20H,1-4,6,8-9,11H2. The Kier molecular flexibility index (Phi) is 5.67. The number of likely N-dealkylation sites (tertiary alicyclic amines) is 1. The molecule has 0 saturated carbocycles. The lowest BCUT2D eigenvalue weighted by atomic mass is 10.1. The van der Waals surface area contributed by atoms with E-state index in [1.165, 1.54) is 6.07 Å². The number of nitrogens with zero attached hydrogens (tertiary/aromatic N) is 1. The number of halogens is 2. The van der Waals surface area contributed by atoms with Crippen LogP contribution in [0.3, 0.4) is 0 Å². The van der Waals surface area contributed by atoms with Crippen LogP contribution in [0.4, 0.5) is 8.78 Å². The predicted molar refractivity (Wildman–Crippen MR) is 75.7 cm³/mol. The van der Waals surface area contributed by atoms with Crippen molar-refractivity contribution in [3.05, 3.63) is 35.4 Å². The lowest BCUT2D eigenvalue weighted by molar-refractivity contribution is -0.134. The van der Waals surface area contributed by atoms with Crippen molar-refractivity contribution in [3.8, 4) is 0 Å². The van der Waals surface area contributed by atoms with E-state index < -0.39 is 11.6 Å². The highest BCUT2D eigenvalue weighted by atomic mass is 19.2. The fourth-order valence-electron chi connectivity index (χ4n) is 2.79. The van der Waals surface area contributed by atoms with Crippen molar-refractivity contribution in [1.29, 1.82) is 0 Å². The molecule has 0 aliphatic carbocycles. The summed E-state index contributed by atoms with van der Waals surface area (Å²) in [6.45, 7) is 0.652. The number of amides is 1. The minimum absolute atomic E-state index is 0.0169. The first-order valence-electron chi connectivity index (χ1n) is 7.46. The summed E-state index contributed by atoms with van der Waals surface area (Å²) < 4.78 is 26.0. The number of rotatable bonds is 4. The van der Waals surface area contributed by atoms with Crippen LogP contribution < -0.4 is 0 Å². The highest BCUT2D eigenvalue weighted by Crippen LogP contribution is 2.18. The maximum Gasteiger partial charge on any atom is 0.223 e. The van der Waals surface area contributed by atoms with Gasteiger partial charge < -0.3 is 10.0 Å². The molecule has 1 aromatic rings. The third kappa shape index (κ3) is 4.24. The van der Waals surface area contributed by atoms with Gasteiger partial charge in [-0.3, -0.25) is 4.79 Å². The number of hydrogen-bond donors (Lipinski definition) is 1. The molecule has 5 heteroatoms. The largest absolute Gasteiger partial charge is 0.394 e. The van der Waals surface area contributed by atoms with Gasteiger partial charge in [0, 0.05) is 13.0 Å². The molecule has 116 valence electrons. The molecule has 0 radical (unpaired) electrons. The van der Waals surface area contributed by atoms with Crippen molar-refractivity contribution < 1.29 is 18.7 Å². The van der Waals surface area contributed by atoms with Gasteiger partial charge in [-0.1, -0.05) is 18.9 Å². The smallest absolute Gasteiger partial charge is 0.223 e. The third-order valence-corrected chi connectivity index (χ3v) is 4.02. The van der Waals surface area contributed by atoms with Crippen LogP contribution in [0.15, 0.2) is 18.2 Å². The molecule has 1 atom stereocenters. The van der Waals surface area contributed by atoms with Crippen LogP contribution in [-0.4, -0.2) is 35.1 Å². The van der Waals surface area contributed by atoms with E-state index in [4.69, 9.17) is 0 Å². The second-order valence-electron chi connectivity index (χ2n) is 5.52. The van der Waals surface area contributed by atoms with Crippen molar-refractivity contribution in [1.82, 2.24) is 4.90 Å². The first-order valence-corrected chi connectivity index (χ1v) is 7.46. The van der Waals surface area contributed by atoms with Gasteiger partial charge in [0.2, 0.25) is 5.91 Å². The molecular formula is C16H21F2NO2. The molecule has 1 aromatic carbocycles. The van der Waals surface area contributed by atoms with Crippen LogP contribution in [0.5, 0.6) is 0 Å². The van der Waals surface area contributed by atoms with E-state index in [1.54, 1.807) is 4.90 Å². The van der Waals surface area contributed by atoms with E-state index >= 15 is 0 Å². The summed E-state index contributed by atoms with van der Waals surface area (Å²) in [5.74, 6) is -1.79. The highest BCUT2D eigenvalue weighted by Gasteiger charge is 2.24. The fraction of sp³-hybridized carbons (Fsp3) is 0.562. The van der Waals surface area contributed by atoms with Crippen molar-refractivity contribution >= 4 is 5.91 Å². The summed E-state index contributed by atoms with van der Waals surface area (Å²) in [6.07, 6.45) is 4.51. The van der Waals surface area contributed by atoms with Crippen molar-refractivity contribution in [2.75, 3.05) is 13.2 Å². The van der Waals surface area contributed by atoms with Gasteiger partial charge in [-0.2, -0.15) is 0 Å². The average molecular weight is 297 g/mol. The Morgan fingerprint density at radius 2 is 2.05 bits per heavy atom. The van der Waals surface area contributed by atoms with Crippen molar-refractivity contribution in [2.24, 2.45) is 0 Å². The van der Waals surface area contributed by atoms with E-state index in [2.05, 4.69) is 0 Å². The van der Waals surface area contributed by atoms with Crippen molar-refractivity contribution in [3.63, 3.8) is 0 Å². The van der Waals surface area contributed by atoms with Crippen LogP contribution in [0.2, 0.25) is 0 Å². The van der Waals surface area contributed by atoms with Gasteiger partial charge in [-0.15, -0.1) is 0 Å². The molecule has 1 aliphatic rings. The topological polar surface area (TPSA) is 40.5 Å². The molecule has 1 heterocycles. The molecule has 1 amide bonds. The molecule has 0 spiro atoms. The molecule has 1 aliphatic heterocycles. The molecule has 1 N–H and O–H groups in total. The molecule has 0 bridgehead atoms. The number of aliphatic hydroxyl groups excluding tert-OH is 1. The maximum atomic E-state index is 13.1. The number of hydrogen-bond acceptors (Lipinski definition) is 2. The van der Waals surface area contributed by atoms with Gasteiger partial charge in [-0.05, 0) is 37.0 Å². The van der Waals surface area contributed by atoms with Crippen LogP contribution in [-0.2, 0) is 11.2 Å². The molecule has 1 fully saturated rings. The number of aryl methyl sites for hydroxylation is 1. The molecule has 21 heavy (non-hydrogen) atoms. The van der Waals surface area contributed by atoms with Gasteiger partial charge in [0.05, 0.1) is 12.6 Å². The number of carbonyl (C=O) groups is 1. The van der Waals surface area contributed by atoms with E-state index in [-0.39, 0.29) is 25.0 Å². The minimum Gasteiger partial charge on any atom is -0.394 e. The summed E-state index contributed by atoms with van der Waals surface area (Å²) in [5, 5.41) is 9.40. The lowest BCUT2D eigenvalue weighted by Gasteiger charge is -2.28. The number of aliphatic hydroxyl groups is 1. The van der Waals surface area contributed by atoms with Crippen molar-refractivity contribution in [2.45, 2.75) is 44.6 Å². The zero-order valence-electron chi connectivity index (χ0n) is 12.0. The number of carbonyl (C=O) groups excluding carboxylic acids is 1. The number of benzene rings is 1. The van der Waals surface area contributed by atoms with Gasteiger partial charge >= 0.3 is 0 Å². The molecular weight excluding hydrogens is 276 g/mol. The quantitative estimate of drug-likeness (QED) is 0.928. The van der Waals surface area contributed by atoms with E-state index in [9.17, 15) is 18.7 Å². The van der Waals surface area contributed by atoms with E-state index in [1.807, 2.05) is 0 Å². The van der Waals surface area contributed by atoms with Crippen LogP contribution >= 0.6 is 0 Å². The fourth-order valence-corrected chi connectivity index (χ4v) is 2.79. The Morgan fingerprint density at radius 3 is 2.76 bits per heavy atom. The molecule has 0 aromatic heterocycles. The second-order valence-corrected chi connectivity index (χ2v) is 5.52. The van der Waals surface area contributed by atoms with Gasteiger partial charge in [-0.25, -0.2) is 8.78 Å². The zero-order chi connectivity index (χ0) is 15.2. The lowest BCUT2D eigenvalue weighted by Crippen LogP contribution is -2.42. The molecule has 3 nitrogen and oxygen atoms in total. The summed E-state index contributed by atoms with van der Waals surface area (Å²) in [4.78, 5) is 14.0. The second kappa shape index (κ2) is 7.50. The van der Waals surface area contributed by atoms with Crippen LogP contribution in [0.25, 0.3) is 0 Å². The minimum atomic E-state index is -0.886.